The van der Waals surface area contributed by atoms with E-state index in [-0.39, 0.29) is 48.8 Å². The standard InChI is InChI=1S/C22H34ClN3O4/c1-13(2)12-30-22(29)26-19(15(5)6)21(28)25-18(14(3)4)11-24-20(27)16-7-9-17(23)10-8-16/h7-10,13-15,18-19H,11-12H2,1-6H3,(H,24,27)(H,25,28)(H,26,29)/t18-,19?/m1/s1. The number of hydrogen-bond acceptors (Lipinski definition) is 4. The second kappa shape index (κ2) is 12.4. The predicted molar refractivity (Wildman–Crippen MR) is 119 cm³/mol. The monoisotopic (exact) mass is 439 g/mol. The molecule has 1 aromatic rings. The largest absolute Gasteiger partial charge is 0.449 e. The number of rotatable bonds is 10. The summed E-state index contributed by atoms with van der Waals surface area (Å²) in [5.74, 6) is -0.418. The molecule has 0 aromatic heterocycles. The van der Waals surface area contributed by atoms with Gasteiger partial charge in [-0.05, 0) is 42.0 Å². The van der Waals surface area contributed by atoms with E-state index in [0.717, 1.165) is 0 Å². The molecule has 1 aromatic carbocycles. The molecule has 30 heavy (non-hydrogen) atoms. The van der Waals surface area contributed by atoms with E-state index in [1.165, 1.54) is 0 Å². The van der Waals surface area contributed by atoms with E-state index >= 15 is 0 Å². The Balaban J connectivity index is 2.69. The molecule has 0 saturated heterocycles. The van der Waals surface area contributed by atoms with Crippen LogP contribution in [0.2, 0.25) is 5.02 Å². The van der Waals surface area contributed by atoms with Gasteiger partial charge >= 0.3 is 6.09 Å². The maximum atomic E-state index is 12.8. The van der Waals surface area contributed by atoms with Crippen molar-refractivity contribution in [2.75, 3.05) is 13.2 Å². The first-order valence-electron chi connectivity index (χ1n) is 10.3. The molecule has 0 fully saturated rings. The van der Waals surface area contributed by atoms with Crippen LogP contribution in [0.25, 0.3) is 0 Å². The Morgan fingerprint density at radius 1 is 0.933 bits per heavy atom. The average Bonchev–Trinajstić information content (AvgIpc) is 2.67. The molecule has 0 saturated carbocycles. The zero-order valence-corrected chi connectivity index (χ0v) is 19.4. The molecule has 3 N–H and O–H groups in total. The molecule has 1 unspecified atom stereocenters. The summed E-state index contributed by atoms with van der Waals surface area (Å²) in [7, 11) is 0. The fourth-order valence-electron chi connectivity index (χ4n) is 2.58. The summed E-state index contributed by atoms with van der Waals surface area (Å²) in [5.41, 5.74) is 0.489. The fourth-order valence-corrected chi connectivity index (χ4v) is 2.70. The Hall–Kier alpha value is -2.28. The zero-order valence-electron chi connectivity index (χ0n) is 18.6. The van der Waals surface area contributed by atoms with E-state index in [1.807, 2.05) is 41.5 Å². The van der Waals surface area contributed by atoms with E-state index in [2.05, 4.69) is 16.0 Å². The lowest BCUT2D eigenvalue weighted by Crippen LogP contribution is -2.55. The lowest BCUT2D eigenvalue weighted by Gasteiger charge is -2.27. The summed E-state index contributed by atoms with van der Waals surface area (Å²) in [6.07, 6.45) is -0.616. The van der Waals surface area contributed by atoms with Gasteiger partial charge in [0, 0.05) is 23.2 Å². The summed E-state index contributed by atoms with van der Waals surface area (Å²) in [6, 6.07) is 5.54. The molecule has 3 amide bonds. The van der Waals surface area contributed by atoms with Crippen LogP contribution in [0.3, 0.4) is 0 Å². The number of alkyl carbamates (subject to hydrolysis) is 1. The number of hydrogen-bond donors (Lipinski definition) is 3. The number of carbonyl (C=O) groups is 3. The van der Waals surface area contributed by atoms with E-state index in [9.17, 15) is 14.4 Å². The predicted octanol–water partition coefficient (Wildman–Crippen LogP) is 3.62. The first-order valence-corrected chi connectivity index (χ1v) is 10.7. The number of nitrogens with one attached hydrogen (secondary N) is 3. The van der Waals surface area contributed by atoms with Gasteiger partial charge in [0.2, 0.25) is 5.91 Å². The average molecular weight is 440 g/mol. The quantitative estimate of drug-likeness (QED) is 0.518. The molecule has 0 heterocycles. The molecule has 168 valence electrons. The van der Waals surface area contributed by atoms with Gasteiger partial charge in [-0.15, -0.1) is 0 Å². The second-order valence-corrected chi connectivity index (χ2v) is 8.87. The smallest absolute Gasteiger partial charge is 0.407 e. The van der Waals surface area contributed by atoms with E-state index < -0.39 is 12.1 Å². The number of ether oxygens (including phenoxy) is 1. The Morgan fingerprint density at radius 3 is 2.03 bits per heavy atom. The van der Waals surface area contributed by atoms with Gasteiger partial charge in [-0.3, -0.25) is 9.59 Å². The SMILES string of the molecule is CC(C)COC(=O)NC(C(=O)N[C@H](CNC(=O)c1ccc(Cl)cc1)C(C)C)C(C)C. The van der Waals surface area contributed by atoms with E-state index in [4.69, 9.17) is 16.3 Å². The summed E-state index contributed by atoms with van der Waals surface area (Å²) >= 11 is 5.85. The highest BCUT2D eigenvalue weighted by Crippen LogP contribution is 2.10. The van der Waals surface area contributed by atoms with Crippen molar-refractivity contribution >= 4 is 29.5 Å². The van der Waals surface area contributed by atoms with Crippen molar-refractivity contribution in [1.82, 2.24) is 16.0 Å². The Labute approximate surface area is 184 Å². The minimum absolute atomic E-state index is 0.0696. The molecular weight excluding hydrogens is 406 g/mol. The van der Waals surface area contributed by atoms with E-state index in [0.29, 0.717) is 10.6 Å². The van der Waals surface area contributed by atoms with Crippen LogP contribution in [-0.4, -0.2) is 43.1 Å². The first-order chi connectivity index (χ1) is 14.0. The van der Waals surface area contributed by atoms with Crippen molar-refractivity contribution < 1.29 is 19.1 Å². The molecule has 7 nitrogen and oxygen atoms in total. The maximum absolute atomic E-state index is 12.8. The molecule has 8 heteroatoms. The molecule has 1 rings (SSSR count). The molecule has 0 bridgehead atoms. The number of amides is 3. The normalized spacial score (nSPS) is 13.1. The summed E-state index contributed by atoms with van der Waals surface area (Å²) < 4.78 is 5.13. The molecule has 0 aliphatic heterocycles. The molecule has 0 radical (unpaired) electrons. The van der Waals surface area contributed by atoms with Crippen LogP contribution in [0.4, 0.5) is 4.79 Å². The van der Waals surface area contributed by atoms with Gasteiger partial charge in [-0.2, -0.15) is 0 Å². The molecule has 0 aliphatic rings. The third-order valence-corrected chi connectivity index (χ3v) is 4.74. The van der Waals surface area contributed by atoms with Crippen LogP contribution in [0.5, 0.6) is 0 Å². The number of benzene rings is 1. The van der Waals surface area contributed by atoms with Gasteiger partial charge in [0.25, 0.3) is 5.91 Å². The van der Waals surface area contributed by atoms with Gasteiger partial charge in [-0.25, -0.2) is 4.79 Å². The van der Waals surface area contributed by atoms with Crippen molar-refractivity contribution in [1.29, 1.82) is 0 Å². The number of carbonyl (C=O) groups excluding carboxylic acids is 3. The van der Waals surface area contributed by atoms with Crippen LogP contribution >= 0.6 is 11.6 Å². The zero-order chi connectivity index (χ0) is 22.8. The van der Waals surface area contributed by atoms with Gasteiger partial charge in [0.15, 0.2) is 0 Å². The van der Waals surface area contributed by atoms with Crippen LogP contribution in [-0.2, 0) is 9.53 Å². The summed E-state index contributed by atoms with van der Waals surface area (Å²) in [5, 5.41) is 8.97. The van der Waals surface area contributed by atoms with Crippen molar-refractivity contribution in [3.63, 3.8) is 0 Å². The second-order valence-electron chi connectivity index (χ2n) is 8.43. The summed E-state index contributed by atoms with van der Waals surface area (Å²) in [6.45, 7) is 12.0. The maximum Gasteiger partial charge on any atom is 0.407 e. The molecule has 0 aliphatic carbocycles. The minimum atomic E-state index is -0.738. The van der Waals surface area contributed by atoms with Gasteiger partial charge in [-0.1, -0.05) is 53.1 Å². The molecule has 0 spiro atoms. The van der Waals surface area contributed by atoms with Crippen molar-refractivity contribution in [2.24, 2.45) is 17.8 Å². The highest BCUT2D eigenvalue weighted by atomic mass is 35.5. The molecule has 2 atom stereocenters. The lowest BCUT2D eigenvalue weighted by molar-refractivity contribution is -0.125. The Bertz CT molecular complexity index is 705. The van der Waals surface area contributed by atoms with Crippen molar-refractivity contribution in [2.45, 2.75) is 53.6 Å². The van der Waals surface area contributed by atoms with Crippen LogP contribution in [0, 0.1) is 17.8 Å². The highest BCUT2D eigenvalue weighted by Gasteiger charge is 2.28. The fraction of sp³-hybridized carbons (Fsp3) is 0.591. The topological polar surface area (TPSA) is 96.5 Å². The molecular formula is C22H34ClN3O4. The lowest BCUT2D eigenvalue weighted by atomic mass is 10.00. The van der Waals surface area contributed by atoms with Crippen LogP contribution < -0.4 is 16.0 Å². The Morgan fingerprint density at radius 2 is 1.53 bits per heavy atom. The number of halogens is 1. The van der Waals surface area contributed by atoms with Gasteiger partial charge in [0.05, 0.1) is 6.61 Å². The van der Waals surface area contributed by atoms with Crippen LogP contribution in [0.1, 0.15) is 51.9 Å². The van der Waals surface area contributed by atoms with Crippen molar-refractivity contribution in [3.8, 4) is 0 Å². The van der Waals surface area contributed by atoms with Gasteiger partial charge in [0.1, 0.15) is 6.04 Å². The summed E-state index contributed by atoms with van der Waals surface area (Å²) in [4.78, 5) is 37.2. The highest BCUT2D eigenvalue weighted by molar-refractivity contribution is 6.30. The first kappa shape index (κ1) is 25.8. The Kier molecular flexibility index (Phi) is 10.7. The van der Waals surface area contributed by atoms with Crippen molar-refractivity contribution in [3.05, 3.63) is 34.9 Å². The third-order valence-electron chi connectivity index (χ3n) is 4.49. The minimum Gasteiger partial charge on any atom is -0.449 e. The van der Waals surface area contributed by atoms with Gasteiger partial charge < -0.3 is 20.7 Å². The third kappa shape index (κ3) is 9.03. The van der Waals surface area contributed by atoms with E-state index in [1.54, 1.807) is 24.3 Å². The van der Waals surface area contributed by atoms with Crippen LogP contribution in [0.15, 0.2) is 24.3 Å².